The first-order chi connectivity index (χ1) is 21.3. The molecule has 2 rings (SSSR count). The van der Waals surface area contributed by atoms with Gasteiger partial charge in [0.15, 0.2) is 0 Å². The van der Waals surface area contributed by atoms with Gasteiger partial charge >= 0.3 is 11.9 Å². The maximum absolute atomic E-state index is 13.2. The summed E-state index contributed by atoms with van der Waals surface area (Å²) in [6, 6.07) is 9.88. The molecule has 0 unspecified atom stereocenters. The van der Waals surface area contributed by atoms with Crippen LogP contribution in [0.5, 0.6) is 0 Å². The molecule has 0 aliphatic heterocycles. The van der Waals surface area contributed by atoms with Crippen molar-refractivity contribution >= 4 is 35.6 Å². The summed E-state index contributed by atoms with van der Waals surface area (Å²) in [5, 5.41) is 47.8. The van der Waals surface area contributed by atoms with E-state index in [1.807, 2.05) is 0 Å². The van der Waals surface area contributed by atoms with Crippen LogP contribution in [0.25, 0.3) is 0 Å². The van der Waals surface area contributed by atoms with Crippen molar-refractivity contribution in [1.82, 2.24) is 21.3 Å². The number of benzene rings is 2. The molecule has 10 N–H and O–H groups in total. The molecule has 0 aliphatic carbocycles. The lowest BCUT2D eigenvalue weighted by Crippen LogP contribution is -2.61. The molecular formula is C30H39N5O10. The molecule has 6 atom stereocenters. The average molecular weight is 630 g/mol. The van der Waals surface area contributed by atoms with Gasteiger partial charge in [-0.2, -0.15) is 0 Å². The molecule has 0 bridgehead atoms. The Kier molecular flexibility index (Phi) is 14.6. The minimum absolute atomic E-state index is 0.0943. The first-order valence-electron chi connectivity index (χ1n) is 14.1. The van der Waals surface area contributed by atoms with Gasteiger partial charge in [-0.15, -0.1) is 0 Å². The monoisotopic (exact) mass is 629 g/mol. The van der Waals surface area contributed by atoms with E-state index in [9.17, 15) is 44.1 Å². The third-order valence-corrected chi connectivity index (χ3v) is 6.69. The molecule has 15 nitrogen and oxygen atoms in total. The number of carbonyl (C=O) groups excluding carboxylic acids is 4. The first kappa shape index (κ1) is 36.3. The SMILES string of the molecule is C[C@@H](O)[C@H](NC(=O)[C@H](CCC(=O)O)NC(=O)[C@H](CO)NC(=O)[C@@H](N)Cc1ccccc1)C(=O)N[C@@H](Cc1ccccc1)C(=O)O. The standard InChI is InChI=1S/C30H39N5O10/c1-17(37)25(29(43)33-22(30(44)45)15-19-10-6-3-7-11-19)35-27(41)21(12-13-24(38)39)32-28(42)23(16-36)34-26(40)20(31)14-18-8-4-2-5-9-18/h2-11,17,20-23,25,36-37H,12-16,31H2,1H3,(H,32,42)(H,33,43)(H,34,40)(H,35,41)(H,38,39)(H,44,45)/t17-,20+,21+,22+,23+,25+/m1/s1. The zero-order valence-corrected chi connectivity index (χ0v) is 24.6. The summed E-state index contributed by atoms with van der Waals surface area (Å²) in [5.41, 5.74) is 7.29. The van der Waals surface area contributed by atoms with Gasteiger partial charge in [0.1, 0.15) is 24.2 Å². The van der Waals surface area contributed by atoms with Crippen LogP contribution in [0.3, 0.4) is 0 Å². The molecule has 244 valence electrons. The molecule has 0 aliphatic rings. The summed E-state index contributed by atoms with van der Waals surface area (Å²) in [7, 11) is 0. The Bertz CT molecular complexity index is 1310. The van der Waals surface area contributed by atoms with Crippen molar-refractivity contribution in [2.75, 3.05) is 6.61 Å². The lowest BCUT2D eigenvalue weighted by molar-refractivity contribution is -0.143. The number of amides is 4. The van der Waals surface area contributed by atoms with Crippen molar-refractivity contribution in [2.45, 2.75) is 68.9 Å². The van der Waals surface area contributed by atoms with Crippen molar-refractivity contribution < 1.29 is 49.2 Å². The Morgan fingerprint density at radius 3 is 1.67 bits per heavy atom. The smallest absolute Gasteiger partial charge is 0.326 e. The number of carboxylic acids is 2. The number of carboxylic acid groups (broad SMARTS) is 2. The van der Waals surface area contributed by atoms with Crippen molar-refractivity contribution in [1.29, 1.82) is 0 Å². The van der Waals surface area contributed by atoms with E-state index in [1.54, 1.807) is 60.7 Å². The molecule has 4 amide bonds. The highest BCUT2D eigenvalue weighted by Gasteiger charge is 2.34. The van der Waals surface area contributed by atoms with Gasteiger partial charge in [0.2, 0.25) is 23.6 Å². The fraction of sp³-hybridized carbons (Fsp3) is 0.400. The summed E-state index contributed by atoms with van der Waals surface area (Å²) in [4.78, 5) is 74.7. The number of aliphatic hydroxyl groups is 2. The predicted molar refractivity (Wildman–Crippen MR) is 159 cm³/mol. The molecule has 0 saturated carbocycles. The largest absolute Gasteiger partial charge is 0.481 e. The van der Waals surface area contributed by atoms with Crippen LogP contribution in [0.2, 0.25) is 0 Å². The Hall–Kier alpha value is -4.86. The van der Waals surface area contributed by atoms with Gasteiger partial charge in [0.25, 0.3) is 0 Å². The summed E-state index contributed by atoms with van der Waals surface area (Å²) in [5.74, 6) is -6.61. The molecule has 0 spiro atoms. The zero-order chi connectivity index (χ0) is 33.5. The highest BCUT2D eigenvalue weighted by atomic mass is 16.4. The minimum Gasteiger partial charge on any atom is -0.481 e. The van der Waals surface area contributed by atoms with Gasteiger partial charge in [0.05, 0.1) is 18.8 Å². The highest BCUT2D eigenvalue weighted by Crippen LogP contribution is 2.07. The van der Waals surface area contributed by atoms with Gasteiger partial charge in [-0.1, -0.05) is 60.7 Å². The van der Waals surface area contributed by atoms with Crippen molar-refractivity contribution in [3.8, 4) is 0 Å². The second-order valence-corrected chi connectivity index (χ2v) is 10.3. The number of hydrogen-bond acceptors (Lipinski definition) is 9. The maximum atomic E-state index is 13.2. The van der Waals surface area contributed by atoms with Gasteiger partial charge < -0.3 is 47.4 Å². The van der Waals surface area contributed by atoms with Crippen LogP contribution in [-0.2, 0) is 41.6 Å². The second-order valence-electron chi connectivity index (χ2n) is 10.3. The Balaban J connectivity index is 2.12. The molecule has 45 heavy (non-hydrogen) atoms. The predicted octanol–water partition coefficient (Wildman–Crippen LogP) is -1.94. The van der Waals surface area contributed by atoms with Gasteiger partial charge in [-0.3, -0.25) is 24.0 Å². The number of hydrogen-bond donors (Lipinski definition) is 9. The quantitative estimate of drug-likeness (QED) is 0.0876. The molecule has 0 radical (unpaired) electrons. The topological polar surface area (TPSA) is 257 Å². The molecule has 0 heterocycles. The maximum Gasteiger partial charge on any atom is 0.326 e. The van der Waals surface area contributed by atoms with E-state index >= 15 is 0 Å². The first-order valence-corrected chi connectivity index (χ1v) is 14.1. The molecule has 0 fully saturated rings. The van der Waals surface area contributed by atoms with Gasteiger partial charge in [0, 0.05) is 12.8 Å². The highest BCUT2D eigenvalue weighted by molar-refractivity contribution is 5.96. The van der Waals surface area contributed by atoms with Crippen LogP contribution in [-0.4, -0.2) is 98.9 Å². The number of rotatable bonds is 18. The van der Waals surface area contributed by atoms with E-state index in [1.165, 1.54) is 6.92 Å². The van der Waals surface area contributed by atoms with E-state index in [0.717, 1.165) is 5.56 Å². The molecule has 0 saturated heterocycles. The van der Waals surface area contributed by atoms with Gasteiger partial charge in [-0.05, 0) is 30.9 Å². The van der Waals surface area contributed by atoms with Crippen molar-refractivity contribution in [3.63, 3.8) is 0 Å². The fourth-order valence-electron chi connectivity index (χ4n) is 4.21. The summed E-state index contributed by atoms with van der Waals surface area (Å²) in [6.07, 6.45) is -2.56. The lowest BCUT2D eigenvalue weighted by Gasteiger charge is -2.27. The van der Waals surface area contributed by atoms with E-state index < -0.39 is 91.3 Å². The van der Waals surface area contributed by atoms with Crippen molar-refractivity contribution in [3.05, 3.63) is 71.8 Å². The summed E-state index contributed by atoms with van der Waals surface area (Å²) in [6.45, 7) is 0.276. The molecule has 0 aromatic heterocycles. The third-order valence-electron chi connectivity index (χ3n) is 6.69. The summed E-state index contributed by atoms with van der Waals surface area (Å²) >= 11 is 0. The average Bonchev–Trinajstić information content (AvgIpc) is 3.00. The lowest BCUT2D eigenvalue weighted by atomic mass is 10.0. The summed E-state index contributed by atoms with van der Waals surface area (Å²) < 4.78 is 0. The zero-order valence-electron chi connectivity index (χ0n) is 24.6. The number of nitrogens with one attached hydrogen (secondary N) is 4. The third kappa shape index (κ3) is 12.3. The Morgan fingerprint density at radius 2 is 1.18 bits per heavy atom. The van der Waals surface area contributed by atoms with Crippen LogP contribution in [0.4, 0.5) is 0 Å². The number of aliphatic hydroxyl groups excluding tert-OH is 2. The fourth-order valence-corrected chi connectivity index (χ4v) is 4.21. The van der Waals surface area contributed by atoms with E-state index in [4.69, 9.17) is 10.8 Å². The number of nitrogens with two attached hydrogens (primary N) is 1. The van der Waals surface area contributed by atoms with Crippen molar-refractivity contribution in [2.24, 2.45) is 5.73 Å². The van der Waals surface area contributed by atoms with Crippen LogP contribution in [0, 0.1) is 0 Å². The molecule has 2 aromatic rings. The van der Waals surface area contributed by atoms with Crippen LogP contribution < -0.4 is 27.0 Å². The van der Waals surface area contributed by atoms with Crippen LogP contribution >= 0.6 is 0 Å². The van der Waals surface area contributed by atoms with E-state index in [0.29, 0.717) is 5.56 Å². The van der Waals surface area contributed by atoms with E-state index in [2.05, 4.69) is 21.3 Å². The molecular weight excluding hydrogens is 590 g/mol. The normalized spacial score (nSPS) is 14.8. The second kappa shape index (κ2) is 18.1. The number of carbonyl (C=O) groups is 6. The van der Waals surface area contributed by atoms with Crippen LogP contribution in [0.15, 0.2) is 60.7 Å². The van der Waals surface area contributed by atoms with E-state index in [-0.39, 0.29) is 12.8 Å². The van der Waals surface area contributed by atoms with Gasteiger partial charge in [-0.25, -0.2) is 4.79 Å². The minimum atomic E-state index is -1.69. The molecule has 15 heteroatoms. The van der Waals surface area contributed by atoms with Crippen LogP contribution in [0.1, 0.15) is 30.9 Å². The Labute approximate surface area is 259 Å². The Morgan fingerprint density at radius 1 is 0.689 bits per heavy atom. The number of aliphatic carboxylic acids is 2. The molecule has 2 aromatic carbocycles.